The molecule has 6 rings (SSSR count). The van der Waals surface area contributed by atoms with Gasteiger partial charge in [-0.3, -0.25) is 13.9 Å². The third kappa shape index (κ3) is 15.4. The van der Waals surface area contributed by atoms with Crippen LogP contribution in [0.5, 0.6) is 5.75 Å². The van der Waals surface area contributed by atoms with Gasteiger partial charge in [0.05, 0.1) is 30.0 Å². The number of phosphoric ester groups is 1. The van der Waals surface area contributed by atoms with E-state index in [-0.39, 0.29) is 29.2 Å². The summed E-state index contributed by atoms with van der Waals surface area (Å²) in [5.74, 6) is -0.710. The molecular weight excluding hydrogens is 867 g/mol. The average molecular weight is 938 g/mol. The topological polar surface area (TPSA) is 165 Å². The van der Waals surface area contributed by atoms with Crippen LogP contribution in [-0.4, -0.2) is 70.0 Å². The average Bonchev–Trinajstić information content (AvgIpc) is 4.02. The Morgan fingerprint density at radius 1 is 0.831 bits per heavy atom. The van der Waals surface area contributed by atoms with Gasteiger partial charge in [-0.2, -0.15) is 10.4 Å². The van der Waals surface area contributed by atoms with Crippen LogP contribution in [0.1, 0.15) is 146 Å². The molecule has 0 amide bonds. The van der Waals surface area contributed by atoms with Crippen molar-refractivity contribution in [2.24, 2.45) is 0 Å². The number of unbranched alkanes of at least 4 members (excludes halogenated alkanes) is 15. The van der Waals surface area contributed by atoms with Crippen LogP contribution in [0.2, 0.25) is 5.02 Å². The summed E-state index contributed by atoms with van der Waals surface area (Å²) in [4.78, 5) is 6.34. The number of hydrogen-bond donors (Lipinski definition) is 1. The highest BCUT2D eigenvalue weighted by atomic mass is 35.5. The molecule has 4 aromatic rings. The summed E-state index contributed by atoms with van der Waals surface area (Å²) in [7, 11) is -4.48. The van der Waals surface area contributed by atoms with Crippen molar-refractivity contribution >= 4 is 30.8 Å². The Kier molecular flexibility index (Phi) is 20.2. The minimum absolute atomic E-state index is 0.0472. The molecule has 5 atom stereocenters. The molecule has 2 aliphatic heterocycles. The Morgan fingerprint density at radius 2 is 1.43 bits per heavy atom. The molecule has 16 heteroatoms. The summed E-state index contributed by atoms with van der Waals surface area (Å²) in [6.07, 6.45) is 21.2. The second-order valence-electron chi connectivity index (χ2n) is 17.7. The van der Waals surface area contributed by atoms with Crippen LogP contribution in [0.15, 0.2) is 67.0 Å². The van der Waals surface area contributed by atoms with Gasteiger partial charge in [-0.1, -0.05) is 151 Å². The van der Waals surface area contributed by atoms with Gasteiger partial charge >= 0.3 is 7.82 Å². The summed E-state index contributed by atoms with van der Waals surface area (Å²) in [5.41, 5.74) is 9.72. The molecule has 2 aliphatic rings. The molecule has 0 saturated carbocycles. The maximum Gasteiger partial charge on any atom is 0.530 e. The van der Waals surface area contributed by atoms with Gasteiger partial charge in [0, 0.05) is 19.7 Å². The molecular formula is C49H70ClN6O8P. The minimum Gasteiger partial charge on any atom is -0.419 e. The van der Waals surface area contributed by atoms with Gasteiger partial charge in [-0.25, -0.2) is 14.1 Å². The van der Waals surface area contributed by atoms with Crippen LogP contribution < -0.4 is 10.3 Å². The quantitative estimate of drug-likeness (QED) is 0.0288. The molecule has 65 heavy (non-hydrogen) atoms. The van der Waals surface area contributed by atoms with E-state index in [9.17, 15) is 9.83 Å². The summed E-state index contributed by atoms with van der Waals surface area (Å²) in [5, 5.41) is 14.4. The number of nitriles is 1. The molecule has 1 fully saturated rings. The predicted molar refractivity (Wildman–Crippen MR) is 252 cm³/mol. The number of nitrogens with zero attached hydrogens (tertiary/aromatic N) is 5. The van der Waals surface area contributed by atoms with Crippen LogP contribution in [0.25, 0.3) is 5.52 Å². The third-order valence-electron chi connectivity index (χ3n) is 12.2. The van der Waals surface area contributed by atoms with E-state index in [1.54, 1.807) is 61.0 Å². The number of anilines is 1. The van der Waals surface area contributed by atoms with E-state index < -0.39 is 38.5 Å². The van der Waals surface area contributed by atoms with E-state index in [0.717, 1.165) is 12.8 Å². The zero-order chi connectivity index (χ0) is 45.9. The Balaban J connectivity index is 1.04. The summed E-state index contributed by atoms with van der Waals surface area (Å²) in [6, 6.07) is 18.2. The Bertz CT molecular complexity index is 2110. The van der Waals surface area contributed by atoms with Gasteiger partial charge in [0.1, 0.15) is 36.4 Å². The van der Waals surface area contributed by atoms with Crippen molar-refractivity contribution in [1.82, 2.24) is 19.5 Å². The van der Waals surface area contributed by atoms with E-state index in [0.29, 0.717) is 37.5 Å². The van der Waals surface area contributed by atoms with Crippen LogP contribution in [0.4, 0.5) is 5.82 Å². The van der Waals surface area contributed by atoms with E-state index in [1.165, 1.54) is 107 Å². The van der Waals surface area contributed by atoms with Crippen molar-refractivity contribution in [2.75, 3.05) is 32.2 Å². The van der Waals surface area contributed by atoms with Crippen LogP contribution in [0.3, 0.4) is 0 Å². The zero-order valence-electron chi connectivity index (χ0n) is 38.6. The lowest BCUT2D eigenvalue weighted by molar-refractivity contribution is -0.157. The van der Waals surface area contributed by atoms with Crippen molar-refractivity contribution in [3.05, 3.63) is 88.8 Å². The number of para-hydroxylation sites is 1. The van der Waals surface area contributed by atoms with Crippen molar-refractivity contribution in [1.29, 1.82) is 5.26 Å². The fraction of sp³-hybridized carbons (Fsp3) is 0.612. The molecule has 4 heterocycles. The third-order valence-corrected chi connectivity index (χ3v) is 13.9. The summed E-state index contributed by atoms with van der Waals surface area (Å²) in [6.45, 7) is 7.61. The van der Waals surface area contributed by atoms with Crippen molar-refractivity contribution in [3.8, 4) is 12.0 Å². The summed E-state index contributed by atoms with van der Waals surface area (Å²) < 4.78 is 59.4. The Labute approximate surface area is 391 Å². The Hall–Kier alpha value is -3.77. The Morgan fingerprint density at radius 3 is 2.06 bits per heavy atom. The molecule has 2 aromatic heterocycles. The number of hydrogen-bond acceptors (Lipinski definition) is 13. The molecule has 0 bridgehead atoms. The van der Waals surface area contributed by atoms with E-state index >= 15 is 0 Å². The fourth-order valence-electron chi connectivity index (χ4n) is 8.66. The molecule has 1 unspecified atom stereocenters. The zero-order valence-corrected chi connectivity index (χ0v) is 40.3. The molecule has 14 nitrogen and oxygen atoms in total. The second-order valence-corrected chi connectivity index (χ2v) is 19.7. The first-order valence-corrected chi connectivity index (χ1v) is 25.6. The lowest BCUT2D eigenvalue weighted by Gasteiger charge is -2.29. The number of ether oxygens (including phenoxy) is 4. The summed E-state index contributed by atoms with van der Waals surface area (Å²) >= 11 is 6.51. The molecule has 2 N–H and O–H groups in total. The van der Waals surface area contributed by atoms with Gasteiger partial charge in [0.15, 0.2) is 17.7 Å². The number of benzene rings is 2. The van der Waals surface area contributed by atoms with E-state index in [4.69, 9.17) is 49.9 Å². The van der Waals surface area contributed by atoms with Gasteiger partial charge in [-0.05, 0) is 55.7 Å². The van der Waals surface area contributed by atoms with Crippen LogP contribution in [-0.2, 0) is 45.6 Å². The monoisotopic (exact) mass is 936 g/mol. The van der Waals surface area contributed by atoms with Gasteiger partial charge in [-0.15, -0.1) is 0 Å². The molecule has 0 aliphatic carbocycles. The van der Waals surface area contributed by atoms with E-state index in [2.05, 4.69) is 34.0 Å². The van der Waals surface area contributed by atoms with E-state index in [1.807, 2.05) is 12.1 Å². The van der Waals surface area contributed by atoms with Gasteiger partial charge in [0.25, 0.3) is 6.26 Å². The number of nitrogens with two attached hydrogens (primary N) is 1. The van der Waals surface area contributed by atoms with Crippen molar-refractivity contribution in [2.45, 2.75) is 167 Å². The smallest absolute Gasteiger partial charge is 0.419 e. The fourth-order valence-corrected chi connectivity index (χ4v) is 10.2. The lowest BCUT2D eigenvalue weighted by Crippen LogP contribution is -2.39. The number of aromatic nitrogens is 3. The number of rotatable bonds is 31. The molecule has 0 radical (unpaired) electrons. The number of halogens is 1. The predicted octanol–water partition coefficient (Wildman–Crippen LogP) is 11.9. The number of phosphoric acid groups is 1. The van der Waals surface area contributed by atoms with Crippen LogP contribution >= 0.6 is 19.4 Å². The molecule has 1 saturated heterocycles. The van der Waals surface area contributed by atoms with Gasteiger partial charge in [0.2, 0.25) is 0 Å². The first-order chi connectivity index (χ1) is 31.6. The van der Waals surface area contributed by atoms with Crippen molar-refractivity contribution in [3.63, 3.8) is 0 Å². The molecule has 356 valence electrons. The highest BCUT2D eigenvalue weighted by Crippen LogP contribution is 2.52. The SMILES string of the molecule is CCCCCCCCCCCCCCCCCCOC[C@H](COP(=O)(OC[C@@H](OC#N)[C@H]1OC(C)(C)O[C@H]1c1ccc2c(N)ncnn12)Oc1ccccc1Cl)N1Cc2ccccc2C1. The maximum absolute atomic E-state index is 14.9. The largest absolute Gasteiger partial charge is 0.530 e. The lowest BCUT2D eigenvalue weighted by atomic mass is 10.0. The first kappa shape index (κ1) is 50.6. The molecule has 0 spiro atoms. The number of nitrogen functional groups attached to an aromatic ring is 1. The normalized spacial score (nSPS) is 18.9. The standard InChI is InChI=1S/C49H70ClN6O8P/c1-4-5-6-7-8-9-10-11-12-13-14-15-16-17-18-23-30-58-33-40(55-31-38-24-19-20-25-39(38)32-55)34-60-65(57,64-44-27-22-21-26-41(44)50)61-35-45(59-36-51)47-46(62-49(2,3)63-47)42-28-29-43-48(52)53-37-54-56(42)43/h19-22,24-29,37,40,45-47H,4-18,23,30-35H2,1-3H3,(H2,52,53,54)/t40-,45-,46+,47-,65?/m1/s1. The van der Waals surface area contributed by atoms with Crippen molar-refractivity contribution < 1.29 is 37.1 Å². The van der Waals surface area contributed by atoms with Gasteiger partial charge < -0.3 is 29.2 Å². The van der Waals surface area contributed by atoms with Crippen LogP contribution in [0, 0.1) is 11.5 Å². The maximum atomic E-state index is 14.9. The first-order valence-electron chi connectivity index (χ1n) is 23.8. The molecule has 2 aromatic carbocycles. The number of fused-ring (bicyclic) bond motifs is 2. The second kappa shape index (κ2) is 26.0. The minimum atomic E-state index is -4.48. The highest BCUT2D eigenvalue weighted by Gasteiger charge is 2.49. The highest BCUT2D eigenvalue weighted by molar-refractivity contribution is 7.48.